The molecule has 0 N–H and O–H groups in total. The maximum absolute atomic E-state index is 12.8. The third-order valence-corrected chi connectivity index (χ3v) is 4.96. The molecule has 1 unspecified atom stereocenters. The van der Waals surface area contributed by atoms with Gasteiger partial charge in [-0.2, -0.15) is 0 Å². The van der Waals surface area contributed by atoms with E-state index in [1.54, 1.807) is 18.2 Å². The molecule has 1 saturated heterocycles. The summed E-state index contributed by atoms with van der Waals surface area (Å²) in [6, 6.07) is 10.8. The van der Waals surface area contributed by atoms with Crippen LogP contribution >= 0.6 is 23.2 Å². The molecule has 3 aromatic rings. The van der Waals surface area contributed by atoms with Crippen molar-refractivity contribution in [3.8, 4) is 0 Å². The molecule has 5 nitrogen and oxygen atoms in total. The summed E-state index contributed by atoms with van der Waals surface area (Å²) in [7, 11) is 0. The molecule has 1 aliphatic rings. The number of likely N-dealkylation sites (tertiary alicyclic amines) is 1. The highest BCUT2D eigenvalue weighted by Gasteiger charge is 2.28. The Labute approximate surface area is 155 Å². The Morgan fingerprint density at radius 1 is 1.12 bits per heavy atom. The van der Waals surface area contributed by atoms with Gasteiger partial charge in [-0.15, -0.1) is 10.2 Å². The number of benzene rings is 1. The molecule has 0 bridgehead atoms. The molecule has 25 heavy (non-hydrogen) atoms. The van der Waals surface area contributed by atoms with Crippen molar-refractivity contribution in [1.29, 1.82) is 0 Å². The van der Waals surface area contributed by atoms with Gasteiger partial charge in [-0.25, -0.2) is 0 Å². The van der Waals surface area contributed by atoms with Crippen molar-refractivity contribution in [3.05, 3.63) is 64.0 Å². The van der Waals surface area contributed by atoms with Gasteiger partial charge in [0.1, 0.15) is 5.82 Å². The third-order valence-electron chi connectivity index (χ3n) is 4.52. The number of nitrogens with zero attached hydrogens (tertiary/aromatic N) is 4. The summed E-state index contributed by atoms with van der Waals surface area (Å²) < 4.78 is 1.99. The summed E-state index contributed by atoms with van der Waals surface area (Å²) in [5.74, 6) is 1.00. The van der Waals surface area contributed by atoms with E-state index in [0.29, 0.717) is 22.2 Å². The number of hydrogen-bond donors (Lipinski definition) is 0. The Morgan fingerprint density at radius 2 is 1.92 bits per heavy atom. The first-order valence-corrected chi connectivity index (χ1v) is 8.92. The molecule has 1 aliphatic heterocycles. The molecule has 1 atom stereocenters. The quantitative estimate of drug-likeness (QED) is 0.679. The minimum Gasteiger partial charge on any atom is -0.338 e. The first-order valence-electron chi connectivity index (χ1n) is 8.17. The fourth-order valence-electron chi connectivity index (χ4n) is 3.37. The number of fused-ring (bicyclic) bond motifs is 1. The van der Waals surface area contributed by atoms with Crippen LogP contribution in [0.1, 0.15) is 34.9 Å². The molecular weight excluding hydrogens is 359 g/mol. The van der Waals surface area contributed by atoms with Gasteiger partial charge in [0.2, 0.25) is 0 Å². The van der Waals surface area contributed by atoms with Crippen LogP contribution < -0.4 is 0 Å². The molecule has 1 amide bonds. The van der Waals surface area contributed by atoms with Gasteiger partial charge < -0.3 is 4.90 Å². The average molecular weight is 375 g/mol. The number of aromatic nitrogens is 3. The van der Waals surface area contributed by atoms with Crippen molar-refractivity contribution < 1.29 is 4.79 Å². The van der Waals surface area contributed by atoms with Crippen LogP contribution in [0.4, 0.5) is 0 Å². The maximum atomic E-state index is 12.8. The van der Waals surface area contributed by atoms with Crippen LogP contribution in [-0.2, 0) is 0 Å². The second-order valence-corrected chi connectivity index (χ2v) is 7.11. The smallest absolute Gasteiger partial charge is 0.253 e. The lowest BCUT2D eigenvalue weighted by molar-refractivity contribution is 0.0704. The van der Waals surface area contributed by atoms with E-state index in [9.17, 15) is 4.79 Å². The molecule has 4 rings (SSSR count). The lowest BCUT2D eigenvalue weighted by Gasteiger charge is -2.32. The van der Waals surface area contributed by atoms with E-state index in [1.807, 2.05) is 33.7 Å². The third kappa shape index (κ3) is 3.22. The monoisotopic (exact) mass is 374 g/mol. The zero-order valence-corrected chi connectivity index (χ0v) is 14.9. The second kappa shape index (κ2) is 6.65. The summed E-state index contributed by atoms with van der Waals surface area (Å²) in [6.45, 7) is 1.33. The van der Waals surface area contributed by atoms with Crippen LogP contribution in [0.3, 0.4) is 0 Å². The van der Waals surface area contributed by atoms with Crippen LogP contribution in [0.15, 0.2) is 42.6 Å². The number of carbonyl (C=O) groups is 1. The lowest BCUT2D eigenvalue weighted by atomic mass is 9.96. The maximum Gasteiger partial charge on any atom is 0.253 e. The Hall–Kier alpha value is -2.11. The highest BCUT2D eigenvalue weighted by Crippen LogP contribution is 2.28. The Kier molecular flexibility index (Phi) is 4.36. The number of pyridine rings is 1. The standard InChI is InChI=1S/C18H16Cl2N4O/c19-14-8-13(9-15(20)10-14)18(25)23-6-3-4-12(11-23)17-22-21-16-5-1-2-7-24(16)17/h1-2,5,7-10,12H,3-4,6,11H2. The Bertz CT molecular complexity index is 919. The summed E-state index contributed by atoms with van der Waals surface area (Å²) in [5.41, 5.74) is 1.34. The van der Waals surface area contributed by atoms with Crippen molar-refractivity contribution in [1.82, 2.24) is 19.5 Å². The molecule has 0 spiro atoms. The number of carbonyl (C=O) groups excluding carboxylic acids is 1. The number of halogens is 2. The van der Waals surface area contributed by atoms with Gasteiger partial charge in [-0.1, -0.05) is 29.3 Å². The number of hydrogen-bond acceptors (Lipinski definition) is 3. The molecule has 1 fully saturated rings. The number of amides is 1. The second-order valence-electron chi connectivity index (χ2n) is 6.24. The summed E-state index contributed by atoms with van der Waals surface area (Å²) in [6.07, 6.45) is 3.87. The predicted molar refractivity (Wildman–Crippen MR) is 97.3 cm³/mol. The van der Waals surface area contributed by atoms with Crippen LogP contribution in [0.5, 0.6) is 0 Å². The fraction of sp³-hybridized carbons (Fsp3) is 0.278. The number of rotatable bonds is 2. The van der Waals surface area contributed by atoms with E-state index < -0.39 is 0 Å². The molecule has 0 saturated carbocycles. The van der Waals surface area contributed by atoms with Gasteiger partial charge >= 0.3 is 0 Å². The van der Waals surface area contributed by atoms with Crippen molar-refractivity contribution >= 4 is 34.8 Å². The van der Waals surface area contributed by atoms with E-state index >= 15 is 0 Å². The lowest BCUT2D eigenvalue weighted by Crippen LogP contribution is -2.39. The Morgan fingerprint density at radius 3 is 2.72 bits per heavy atom. The zero-order chi connectivity index (χ0) is 17.4. The SMILES string of the molecule is O=C(c1cc(Cl)cc(Cl)c1)N1CCCC(c2nnc3ccccn23)C1. The summed E-state index contributed by atoms with van der Waals surface area (Å²) in [4.78, 5) is 14.7. The first kappa shape index (κ1) is 16.4. The molecular formula is C18H16Cl2N4O. The molecule has 3 heterocycles. The van der Waals surface area contributed by atoms with Crippen molar-refractivity contribution in [2.45, 2.75) is 18.8 Å². The van der Waals surface area contributed by atoms with Crippen LogP contribution in [0, 0.1) is 0 Å². The Balaban J connectivity index is 1.59. The zero-order valence-electron chi connectivity index (χ0n) is 13.4. The molecule has 7 heteroatoms. The van der Waals surface area contributed by atoms with Crippen LogP contribution in [0.25, 0.3) is 5.65 Å². The minimum atomic E-state index is -0.0529. The molecule has 128 valence electrons. The number of piperidine rings is 1. The van der Waals surface area contributed by atoms with Gasteiger partial charge in [0.05, 0.1) is 0 Å². The highest BCUT2D eigenvalue weighted by molar-refractivity contribution is 6.35. The van der Waals surface area contributed by atoms with Gasteiger partial charge in [0, 0.05) is 40.8 Å². The van der Waals surface area contributed by atoms with Gasteiger partial charge in [-0.05, 0) is 43.2 Å². The van der Waals surface area contributed by atoms with Gasteiger partial charge in [0.15, 0.2) is 5.65 Å². The van der Waals surface area contributed by atoms with Crippen molar-refractivity contribution in [2.75, 3.05) is 13.1 Å². The topological polar surface area (TPSA) is 50.5 Å². The average Bonchev–Trinajstić information content (AvgIpc) is 3.04. The van der Waals surface area contributed by atoms with Gasteiger partial charge in [0.25, 0.3) is 5.91 Å². The molecule has 0 radical (unpaired) electrons. The molecule has 1 aromatic carbocycles. The highest BCUT2D eigenvalue weighted by atomic mass is 35.5. The fourth-order valence-corrected chi connectivity index (χ4v) is 3.90. The van der Waals surface area contributed by atoms with Crippen LogP contribution in [-0.4, -0.2) is 38.5 Å². The summed E-state index contributed by atoms with van der Waals surface area (Å²) in [5, 5.41) is 9.50. The normalized spacial score (nSPS) is 17.8. The van der Waals surface area contributed by atoms with E-state index in [-0.39, 0.29) is 11.8 Å². The van der Waals surface area contributed by atoms with E-state index in [2.05, 4.69) is 10.2 Å². The first-order chi connectivity index (χ1) is 12.1. The molecule has 2 aromatic heterocycles. The van der Waals surface area contributed by atoms with Gasteiger partial charge in [-0.3, -0.25) is 9.20 Å². The van der Waals surface area contributed by atoms with E-state index in [4.69, 9.17) is 23.2 Å². The summed E-state index contributed by atoms with van der Waals surface area (Å²) >= 11 is 12.1. The van der Waals surface area contributed by atoms with Crippen molar-refractivity contribution in [3.63, 3.8) is 0 Å². The molecule has 0 aliphatic carbocycles. The van der Waals surface area contributed by atoms with E-state index in [0.717, 1.165) is 30.9 Å². The predicted octanol–water partition coefficient (Wildman–Crippen LogP) is 4.06. The van der Waals surface area contributed by atoms with E-state index in [1.165, 1.54) is 0 Å². The van der Waals surface area contributed by atoms with Crippen molar-refractivity contribution in [2.24, 2.45) is 0 Å². The van der Waals surface area contributed by atoms with Crippen LogP contribution in [0.2, 0.25) is 10.0 Å². The minimum absolute atomic E-state index is 0.0529. The largest absolute Gasteiger partial charge is 0.338 e.